The van der Waals surface area contributed by atoms with Gasteiger partial charge in [-0.1, -0.05) is 5.11 Å². The molecule has 0 saturated carbocycles. The highest BCUT2D eigenvalue weighted by Crippen LogP contribution is 2.61. The molecule has 1 saturated heterocycles. The molecule has 0 aromatic carbocycles. The zero-order valence-corrected chi connectivity index (χ0v) is 17.7. The van der Waals surface area contributed by atoms with Crippen molar-refractivity contribution in [2.45, 2.75) is 31.7 Å². The lowest BCUT2D eigenvalue weighted by Gasteiger charge is -2.21. The molecule has 0 radical (unpaired) electrons. The number of nitrogens with one attached hydrogen (secondary N) is 2. The summed E-state index contributed by atoms with van der Waals surface area (Å²) in [6.45, 7) is 1.41. The molecule has 5 atom stereocenters. The maximum absolute atomic E-state index is 12.2. The smallest absolute Gasteiger partial charge is 0.354 e. The third kappa shape index (κ3) is 6.71. The molecule has 6 N–H and O–H groups in total. The second-order valence-corrected chi connectivity index (χ2v) is 11.4. The Morgan fingerprint density at radius 2 is 2.00 bits per heavy atom. The predicted molar refractivity (Wildman–Crippen MR) is 98.3 cm³/mol. The second kappa shape index (κ2) is 8.87. The summed E-state index contributed by atoms with van der Waals surface area (Å²) >= 11 is 0. The molecule has 30 heavy (non-hydrogen) atoms. The van der Waals surface area contributed by atoms with Crippen LogP contribution in [0.1, 0.15) is 18.2 Å². The average molecular weight is 490 g/mol. The summed E-state index contributed by atoms with van der Waals surface area (Å²) in [5, 5.41) is 3.40. The first-order chi connectivity index (χ1) is 13.6. The third-order valence-electron chi connectivity index (χ3n) is 3.77. The fourth-order valence-electron chi connectivity index (χ4n) is 2.65. The van der Waals surface area contributed by atoms with E-state index < -0.39 is 58.9 Å². The first-order valence-electron chi connectivity index (χ1n) is 7.85. The van der Waals surface area contributed by atoms with E-state index >= 15 is 0 Å². The number of nitrogens with zero attached hydrogens (tertiary/aromatic N) is 4. The van der Waals surface area contributed by atoms with Gasteiger partial charge in [-0.15, -0.1) is 4.86 Å². The normalized spacial score (nSPS) is 25.8. The second-order valence-electron chi connectivity index (χ2n) is 6.18. The number of H-pyrrole nitrogens is 1. The minimum absolute atomic E-state index is 0.155. The Labute approximate surface area is 166 Å². The van der Waals surface area contributed by atoms with Crippen molar-refractivity contribution in [1.82, 2.24) is 14.4 Å². The molecule has 1 fully saturated rings. The lowest BCUT2D eigenvalue weighted by atomic mass is 10.1. The van der Waals surface area contributed by atoms with Gasteiger partial charge in [-0.25, -0.2) is 18.2 Å². The molecule has 1 aliphatic heterocycles. The first kappa shape index (κ1) is 24.7. The van der Waals surface area contributed by atoms with E-state index in [0.29, 0.717) is 0 Å². The summed E-state index contributed by atoms with van der Waals surface area (Å²) in [5.74, 6) is 0. The van der Waals surface area contributed by atoms with Crippen LogP contribution < -0.4 is 16.1 Å². The van der Waals surface area contributed by atoms with E-state index in [4.69, 9.17) is 20.1 Å². The predicted octanol–water partition coefficient (Wildman–Crippen LogP) is -0.204. The van der Waals surface area contributed by atoms with E-state index in [1.165, 1.54) is 13.1 Å². The number of aryl methyl sites for hydroxylation is 1. The number of aromatic nitrogens is 2. The Morgan fingerprint density at radius 3 is 2.57 bits per heavy atom. The van der Waals surface area contributed by atoms with Gasteiger partial charge in [0.05, 0.1) is 18.3 Å². The van der Waals surface area contributed by atoms with E-state index in [1.807, 2.05) is 4.98 Å². The Bertz CT molecular complexity index is 1120. The summed E-state index contributed by atoms with van der Waals surface area (Å²) in [6, 6.07) is -1.11. The number of ether oxygens (including phenoxy) is 1. The number of aromatic amines is 1. The molecule has 2 rings (SSSR count). The van der Waals surface area contributed by atoms with Crippen molar-refractivity contribution in [3.8, 4) is 0 Å². The lowest BCUT2D eigenvalue weighted by molar-refractivity contribution is 0.00583. The maximum Gasteiger partial charge on any atom is 0.419 e. The van der Waals surface area contributed by atoms with Crippen molar-refractivity contribution in [3.05, 3.63) is 43.0 Å². The number of hydrogen-bond donors (Lipinski definition) is 6. The van der Waals surface area contributed by atoms with Crippen molar-refractivity contribution in [1.29, 1.82) is 0 Å². The molecule has 168 valence electrons. The monoisotopic (exact) mass is 490 g/mol. The van der Waals surface area contributed by atoms with E-state index in [1.54, 1.807) is 0 Å². The Morgan fingerprint density at radius 1 is 1.37 bits per heavy atom. The quantitative estimate of drug-likeness (QED) is 0.120. The van der Waals surface area contributed by atoms with Crippen molar-refractivity contribution < 1.29 is 42.3 Å². The Balaban J connectivity index is 2.24. The lowest BCUT2D eigenvalue weighted by Crippen LogP contribution is -2.33. The Kier molecular flexibility index (Phi) is 7.29. The molecule has 0 spiro atoms. The van der Waals surface area contributed by atoms with E-state index in [2.05, 4.69) is 14.3 Å². The highest BCUT2D eigenvalue weighted by atomic mass is 31.3. The van der Waals surface area contributed by atoms with Crippen molar-refractivity contribution in [2.24, 2.45) is 5.11 Å². The number of rotatable bonds is 8. The largest absolute Gasteiger partial charge is 0.419 e. The molecular formula is C10H17N6O11P3. The minimum Gasteiger partial charge on any atom is -0.354 e. The van der Waals surface area contributed by atoms with E-state index in [-0.39, 0.29) is 12.0 Å². The van der Waals surface area contributed by atoms with Crippen molar-refractivity contribution in [2.75, 3.05) is 6.16 Å². The molecular weight excluding hydrogens is 473 g/mol. The van der Waals surface area contributed by atoms with Gasteiger partial charge in [0.25, 0.3) is 5.56 Å². The number of hydrogen-bond acceptors (Lipinski definition) is 8. The van der Waals surface area contributed by atoms with Crippen LogP contribution in [0.2, 0.25) is 0 Å². The van der Waals surface area contributed by atoms with Gasteiger partial charge in [0.15, 0.2) is 0 Å². The molecule has 1 aromatic rings. The van der Waals surface area contributed by atoms with Crippen molar-refractivity contribution >= 4 is 23.1 Å². The van der Waals surface area contributed by atoms with Gasteiger partial charge in [0, 0.05) is 23.1 Å². The fraction of sp³-hybridized carbons (Fsp3) is 0.600. The van der Waals surface area contributed by atoms with Gasteiger partial charge in [-0.05, 0) is 12.5 Å². The zero-order chi connectivity index (χ0) is 22.9. The zero-order valence-electron chi connectivity index (χ0n) is 15.0. The summed E-state index contributed by atoms with van der Waals surface area (Å²) < 4.78 is 45.1. The highest BCUT2D eigenvalue weighted by molar-refractivity contribution is 7.71. The van der Waals surface area contributed by atoms with Crippen LogP contribution in [-0.2, 0) is 22.7 Å². The fourth-order valence-corrected chi connectivity index (χ4v) is 6.88. The molecule has 0 bridgehead atoms. The molecule has 2 heterocycles. The number of azide groups is 1. The van der Waals surface area contributed by atoms with Crippen LogP contribution in [0.5, 0.6) is 0 Å². The minimum atomic E-state index is -5.40. The molecule has 20 heteroatoms. The van der Waals surface area contributed by atoms with Gasteiger partial charge in [0.2, 0.25) is 0 Å². The first-order valence-corrected chi connectivity index (χ1v) is 12.8. The van der Waals surface area contributed by atoms with Gasteiger partial charge in [0.1, 0.15) is 6.23 Å². The van der Waals surface area contributed by atoms with Crippen LogP contribution in [-0.4, -0.2) is 47.4 Å². The molecule has 2 unspecified atom stereocenters. The highest BCUT2D eigenvalue weighted by Gasteiger charge is 2.44. The van der Waals surface area contributed by atoms with Gasteiger partial charge >= 0.3 is 28.8 Å². The molecule has 1 aromatic heterocycles. The van der Waals surface area contributed by atoms with Crippen LogP contribution in [0.15, 0.2) is 20.9 Å². The summed E-state index contributed by atoms with van der Waals surface area (Å²) in [6.07, 6.45) is -2.50. The van der Waals surface area contributed by atoms with E-state index in [0.717, 1.165) is 9.42 Å². The summed E-state index contributed by atoms with van der Waals surface area (Å²) in [7, 11) is -15.7. The van der Waals surface area contributed by atoms with Crippen LogP contribution in [0.25, 0.3) is 10.4 Å². The average Bonchev–Trinajstić information content (AvgIpc) is 2.89. The van der Waals surface area contributed by atoms with E-state index in [9.17, 15) is 33.1 Å². The van der Waals surface area contributed by atoms with Gasteiger partial charge in [-0.2, -0.15) is 0 Å². The standard InChI is InChI=1S/C10H17N6O11P3/c1-5-3-16(10(18)12-9(5)17)8-2-6(13-14-11)7(26-8)4-28(19,20)27-30(24,25)15-29(21,22)23/h3,6-8H,2,4H2,1H3,(H,19,20)(H,12,17,18)(H4,15,21,22,23,24,25)/t6-,7+,8+/m0/s1. The summed E-state index contributed by atoms with van der Waals surface area (Å²) in [4.78, 5) is 65.5. The van der Waals surface area contributed by atoms with Gasteiger partial charge in [-0.3, -0.25) is 18.9 Å². The Hall–Kier alpha value is -1.60. The summed E-state index contributed by atoms with van der Waals surface area (Å²) in [5.41, 5.74) is 7.35. The molecule has 0 aliphatic carbocycles. The van der Waals surface area contributed by atoms with Crippen LogP contribution in [0, 0.1) is 6.92 Å². The molecule has 0 amide bonds. The topological polar surface area (TPSA) is 266 Å². The van der Waals surface area contributed by atoms with Crippen LogP contribution in [0.3, 0.4) is 0 Å². The SMILES string of the molecule is Cc1cn([C@H]2C[C@H](N=[N+]=[N-])[C@@H](CP(=O)(O)OP(=O)(O)NP(=O)(O)O)O2)c(=O)[nH]c1=O. The maximum atomic E-state index is 12.2. The van der Waals surface area contributed by atoms with Crippen LogP contribution >= 0.6 is 23.1 Å². The molecule has 1 aliphatic rings. The van der Waals surface area contributed by atoms with Crippen LogP contribution in [0.4, 0.5) is 0 Å². The van der Waals surface area contributed by atoms with Crippen molar-refractivity contribution in [3.63, 3.8) is 0 Å². The third-order valence-corrected chi connectivity index (χ3v) is 8.55. The molecule has 17 nitrogen and oxygen atoms in total. The van der Waals surface area contributed by atoms with Gasteiger partial charge < -0.3 is 24.3 Å².